The Morgan fingerprint density at radius 3 is 2.53 bits per heavy atom. The molecule has 0 unspecified atom stereocenters. The molecule has 5 heteroatoms. The quantitative estimate of drug-likeness (QED) is 0.527. The zero-order valence-electron chi connectivity index (χ0n) is 7.84. The molecular weight excluding hydrogens is 309 g/mol. The molecule has 0 amide bonds. The molecule has 0 heterocycles. The maximum atomic E-state index is 10.4. The van der Waals surface area contributed by atoms with Crippen molar-refractivity contribution in [2.45, 2.75) is 12.5 Å². The van der Waals surface area contributed by atoms with Gasteiger partial charge in [0, 0.05) is 12.1 Å². The van der Waals surface area contributed by atoms with Crippen molar-refractivity contribution in [2.24, 2.45) is 0 Å². The Labute approximate surface area is 101 Å². The van der Waals surface area contributed by atoms with E-state index in [1.807, 2.05) is 10.2 Å². The summed E-state index contributed by atoms with van der Waals surface area (Å²) in [5, 5.41) is 20.0. The first-order valence-electron chi connectivity index (χ1n) is 4.33. The van der Waals surface area contributed by atoms with Crippen LogP contribution in [0.1, 0.15) is 18.1 Å². The SMILES string of the molecule is O=[N+]([O-])c1ccc([C@@H](O)C/C=C\I)cc1. The van der Waals surface area contributed by atoms with Crippen molar-refractivity contribution in [2.75, 3.05) is 0 Å². The standard InChI is InChI=1S/C10H10INO3/c11-7-1-2-10(13)8-3-5-9(6-4-8)12(14)15/h1,3-7,10,13H,2H2/b7-1-/t10-/m0/s1. The number of rotatable bonds is 4. The van der Waals surface area contributed by atoms with E-state index in [1.165, 1.54) is 12.1 Å². The molecule has 15 heavy (non-hydrogen) atoms. The van der Waals surface area contributed by atoms with Crippen molar-refractivity contribution in [1.29, 1.82) is 0 Å². The highest BCUT2D eigenvalue weighted by Gasteiger charge is 2.08. The van der Waals surface area contributed by atoms with Gasteiger partial charge in [-0.25, -0.2) is 0 Å². The summed E-state index contributed by atoms with van der Waals surface area (Å²) in [6.07, 6.45) is 1.75. The van der Waals surface area contributed by atoms with Crippen LogP contribution in [0.4, 0.5) is 5.69 Å². The van der Waals surface area contributed by atoms with Crippen LogP contribution in [-0.2, 0) is 0 Å². The van der Waals surface area contributed by atoms with E-state index in [2.05, 4.69) is 22.6 Å². The Morgan fingerprint density at radius 2 is 2.07 bits per heavy atom. The summed E-state index contributed by atoms with van der Waals surface area (Å²) in [5.74, 6) is 0. The van der Waals surface area contributed by atoms with Gasteiger partial charge in [-0.1, -0.05) is 28.7 Å². The lowest BCUT2D eigenvalue weighted by atomic mass is 10.1. The Morgan fingerprint density at radius 1 is 1.47 bits per heavy atom. The van der Waals surface area contributed by atoms with Gasteiger partial charge in [-0.3, -0.25) is 10.1 Å². The molecule has 0 fully saturated rings. The summed E-state index contributed by atoms with van der Waals surface area (Å²) >= 11 is 2.07. The van der Waals surface area contributed by atoms with Crippen LogP contribution in [-0.4, -0.2) is 10.0 Å². The highest BCUT2D eigenvalue weighted by Crippen LogP contribution is 2.20. The van der Waals surface area contributed by atoms with Crippen molar-refractivity contribution in [1.82, 2.24) is 0 Å². The Kier molecular flexibility index (Phi) is 4.70. The van der Waals surface area contributed by atoms with Crippen molar-refractivity contribution < 1.29 is 10.0 Å². The van der Waals surface area contributed by atoms with E-state index in [-0.39, 0.29) is 5.69 Å². The second-order valence-electron chi connectivity index (χ2n) is 2.96. The zero-order valence-corrected chi connectivity index (χ0v) is 9.99. The van der Waals surface area contributed by atoms with E-state index < -0.39 is 11.0 Å². The molecule has 0 saturated carbocycles. The molecular formula is C10H10INO3. The first-order valence-corrected chi connectivity index (χ1v) is 5.57. The molecule has 0 aromatic heterocycles. The third-order valence-corrected chi connectivity index (χ3v) is 2.45. The van der Waals surface area contributed by atoms with Crippen molar-refractivity contribution in [3.63, 3.8) is 0 Å². The molecule has 1 N–H and O–H groups in total. The van der Waals surface area contributed by atoms with Gasteiger partial charge < -0.3 is 5.11 Å². The van der Waals surface area contributed by atoms with Crippen LogP contribution in [0.15, 0.2) is 34.4 Å². The van der Waals surface area contributed by atoms with Crippen LogP contribution in [0.5, 0.6) is 0 Å². The van der Waals surface area contributed by atoms with E-state index in [4.69, 9.17) is 0 Å². The van der Waals surface area contributed by atoms with Crippen molar-refractivity contribution in [3.8, 4) is 0 Å². The minimum Gasteiger partial charge on any atom is -0.388 e. The first kappa shape index (κ1) is 12.1. The fourth-order valence-electron chi connectivity index (χ4n) is 1.13. The molecule has 4 nitrogen and oxygen atoms in total. The number of nitro groups is 1. The average molecular weight is 319 g/mol. The third-order valence-electron chi connectivity index (χ3n) is 1.94. The molecule has 0 radical (unpaired) electrons. The van der Waals surface area contributed by atoms with Crippen LogP contribution >= 0.6 is 22.6 Å². The Bertz CT molecular complexity index is 361. The molecule has 1 atom stereocenters. The van der Waals surface area contributed by atoms with Gasteiger partial charge >= 0.3 is 0 Å². The van der Waals surface area contributed by atoms with Gasteiger partial charge in [0.25, 0.3) is 5.69 Å². The average Bonchev–Trinajstić information content (AvgIpc) is 2.26. The first-order chi connectivity index (χ1) is 7.15. The normalized spacial score (nSPS) is 12.9. The number of nitrogens with zero attached hydrogens (tertiary/aromatic N) is 1. The van der Waals surface area contributed by atoms with Crippen LogP contribution in [0.2, 0.25) is 0 Å². The maximum absolute atomic E-state index is 10.4. The van der Waals surface area contributed by atoms with Crippen LogP contribution in [0.25, 0.3) is 0 Å². The Hall–Kier alpha value is -0.950. The number of nitro benzene ring substituents is 1. The molecule has 1 aromatic carbocycles. The highest BCUT2D eigenvalue weighted by molar-refractivity contribution is 14.1. The van der Waals surface area contributed by atoms with E-state index in [9.17, 15) is 15.2 Å². The lowest BCUT2D eigenvalue weighted by Crippen LogP contribution is -1.96. The minimum atomic E-state index is -0.600. The van der Waals surface area contributed by atoms with Crippen molar-refractivity contribution >= 4 is 28.3 Å². The molecule has 80 valence electrons. The summed E-state index contributed by atoms with van der Waals surface area (Å²) < 4.78 is 1.83. The number of halogens is 1. The lowest BCUT2D eigenvalue weighted by molar-refractivity contribution is -0.384. The van der Waals surface area contributed by atoms with Gasteiger partial charge in [0.15, 0.2) is 0 Å². The minimum absolute atomic E-state index is 0.0374. The predicted molar refractivity (Wildman–Crippen MR) is 65.8 cm³/mol. The Balaban J connectivity index is 2.75. The number of hydrogen-bond acceptors (Lipinski definition) is 3. The second kappa shape index (κ2) is 5.82. The van der Waals surface area contributed by atoms with Crippen LogP contribution < -0.4 is 0 Å². The van der Waals surface area contributed by atoms with Gasteiger partial charge in [-0.15, -0.1) is 0 Å². The fraction of sp³-hybridized carbons (Fsp3) is 0.200. The molecule has 0 aliphatic heterocycles. The van der Waals surface area contributed by atoms with E-state index in [0.29, 0.717) is 12.0 Å². The molecule has 0 bridgehead atoms. The number of aliphatic hydroxyl groups is 1. The molecule has 1 rings (SSSR count). The molecule has 1 aromatic rings. The monoisotopic (exact) mass is 319 g/mol. The summed E-state index contributed by atoms with van der Waals surface area (Å²) in [4.78, 5) is 9.93. The molecule has 0 aliphatic rings. The van der Waals surface area contributed by atoms with E-state index >= 15 is 0 Å². The largest absolute Gasteiger partial charge is 0.388 e. The number of hydrogen-bond donors (Lipinski definition) is 1. The van der Waals surface area contributed by atoms with Gasteiger partial charge in [0.05, 0.1) is 11.0 Å². The molecule has 0 spiro atoms. The number of benzene rings is 1. The van der Waals surface area contributed by atoms with E-state index in [1.54, 1.807) is 12.1 Å². The van der Waals surface area contributed by atoms with Gasteiger partial charge in [0.1, 0.15) is 0 Å². The van der Waals surface area contributed by atoms with Gasteiger partial charge in [-0.05, 0) is 28.2 Å². The number of non-ortho nitro benzene ring substituents is 1. The third kappa shape index (κ3) is 3.60. The van der Waals surface area contributed by atoms with Crippen LogP contribution in [0.3, 0.4) is 0 Å². The summed E-state index contributed by atoms with van der Waals surface area (Å²) in [6, 6.07) is 5.94. The van der Waals surface area contributed by atoms with Crippen LogP contribution in [0, 0.1) is 10.1 Å². The molecule has 0 saturated heterocycles. The highest BCUT2D eigenvalue weighted by atomic mass is 127. The summed E-state index contributed by atoms with van der Waals surface area (Å²) in [6.45, 7) is 0. The summed E-state index contributed by atoms with van der Waals surface area (Å²) in [7, 11) is 0. The van der Waals surface area contributed by atoms with Gasteiger partial charge in [0.2, 0.25) is 0 Å². The topological polar surface area (TPSA) is 63.4 Å². The van der Waals surface area contributed by atoms with Gasteiger partial charge in [-0.2, -0.15) is 0 Å². The van der Waals surface area contributed by atoms with E-state index in [0.717, 1.165) is 0 Å². The lowest BCUT2D eigenvalue weighted by Gasteiger charge is -2.07. The fourth-order valence-corrected chi connectivity index (χ4v) is 1.43. The maximum Gasteiger partial charge on any atom is 0.269 e. The zero-order chi connectivity index (χ0) is 11.3. The predicted octanol–water partition coefficient (Wildman–Crippen LogP) is 2.97. The van der Waals surface area contributed by atoms with Crippen molar-refractivity contribution in [3.05, 3.63) is 50.1 Å². The summed E-state index contributed by atoms with van der Waals surface area (Å²) in [5.41, 5.74) is 0.727. The smallest absolute Gasteiger partial charge is 0.269 e. The number of aliphatic hydroxyl groups excluding tert-OH is 1. The second-order valence-corrected chi connectivity index (χ2v) is 3.68. The molecule has 0 aliphatic carbocycles.